The first-order valence-corrected chi connectivity index (χ1v) is 7.66. The molecule has 0 saturated heterocycles. The van der Waals surface area contributed by atoms with Crippen LogP contribution < -0.4 is 19.9 Å². The molecule has 0 spiro atoms. The predicted molar refractivity (Wildman–Crippen MR) is 97.0 cm³/mol. The van der Waals surface area contributed by atoms with Gasteiger partial charge in [-0.15, -0.1) is 0 Å². The van der Waals surface area contributed by atoms with Gasteiger partial charge in [0.2, 0.25) is 11.7 Å². The molecule has 0 bridgehead atoms. The average molecular weight is 337 g/mol. The molecular weight excluding hydrogens is 318 g/mol. The van der Waals surface area contributed by atoms with Crippen molar-refractivity contribution in [3.05, 3.63) is 48.7 Å². The summed E-state index contributed by atoms with van der Waals surface area (Å²) in [5, 5.41) is 0. The first-order chi connectivity index (χ1) is 12.2. The SMILES string of the molecule is COc1cc(-c2nc(N)ncc2-c2ccccc2)cc(OC)c1OC. The highest BCUT2D eigenvalue weighted by Gasteiger charge is 2.18. The zero-order valence-electron chi connectivity index (χ0n) is 14.3. The molecule has 1 aromatic heterocycles. The van der Waals surface area contributed by atoms with Gasteiger partial charge in [0.1, 0.15) is 0 Å². The molecule has 0 atom stereocenters. The largest absolute Gasteiger partial charge is 0.493 e. The number of benzene rings is 2. The maximum absolute atomic E-state index is 5.83. The van der Waals surface area contributed by atoms with Crippen molar-refractivity contribution in [1.29, 1.82) is 0 Å². The molecule has 25 heavy (non-hydrogen) atoms. The quantitative estimate of drug-likeness (QED) is 0.768. The summed E-state index contributed by atoms with van der Waals surface area (Å²) < 4.78 is 16.3. The lowest BCUT2D eigenvalue weighted by atomic mass is 10.00. The number of aromatic nitrogens is 2. The molecule has 0 radical (unpaired) electrons. The van der Waals surface area contributed by atoms with Crippen LogP contribution in [-0.4, -0.2) is 31.3 Å². The molecular formula is C19H19N3O3. The lowest BCUT2D eigenvalue weighted by Crippen LogP contribution is -2.00. The molecule has 0 amide bonds. The van der Waals surface area contributed by atoms with Crippen LogP contribution in [0.3, 0.4) is 0 Å². The van der Waals surface area contributed by atoms with Crippen LogP contribution in [-0.2, 0) is 0 Å². The van der Waals surface area contributed by atoms with Crippen molar-refractivity contribution in [2.75, 3.05) is 27.1 Å². The van der Waals surface area contributed by atoms with Gasteiger partial charge in [-0.3, -0.25) is 0 Å². The van der Waals surface area contributed by atoms with Crippen molar-refractivity contribution in [2.45, 2.75) is 0 Å². The number of hydrogen-bond donors (Lipinski definition) is 1. The van der Waals surface area contributed by atoms with E-state index in [2.05, 4.69) is 9.97 Å². The standard InChI is InChI=1S/C19H19N3O3/c1-23-15-9-13(10-16(24-2)18(15)25-3)17-14(11-21-19(20)22-17)12-7-5-4-6-8-12/h4-11H,1-3H3,(H2,20,21,22). The molecule has 6 heteroatoms. The monoisotopic (exact) mass is 337 g/mol. The first kappa shape index (κ1) is 16.6. The van der Waals surface area contributed by atoms with E-state index in [-0.39, 0.29) is 5.95 Å². The van der Waals surface area contributed by atoms with Gasteiger partial charge in [-0.05, 0) is 17.7 Å². The van der Waals surface area contributed by atoms with Gasteiger partial charge < -0.3 is 19.9 Å². The first-order valence-electron chi connectivity index (χ1n) is 7.66. The molecule has 2 aromatic carbocycles. The van der Waals surface area contributed by atoms with Gasteiger partial charge in [0.05, 0.1) is 27.0 Å². The van der Waals surface area contributed by atoms with E-state index >= 15 is 0 Å². The fourth-order valence-electron chi connectivity index (χ4n) is 2.66. The highest BCUT2D eigenvalue weighted by atomic mass is 16.5. The minimum Gasteiger partial charge on any atom is -0.493 e. The topological polar surface area (TPSA) is 79.5 Å². The Balaban J connectivity index is 2.25. The molecule has 0 aliphatic rings. The number of anilines is 1. The lowest BCUT2D eigenvalue weighted by molar-refractivity contribution is 0.324. The molecule has 0 aliphatic heterocycles. The van der Waals surface area contributed by atoms with Crippen LogP contribution in [0.25, 0.3) is 22.4 Å². The molecule has 2 N–H and O–H groups in total. The van der Waals surface area contributed by atoms with Gasteiger partial charge in [-0.2, -0.15) is 0 Å². The smallest absolute Gasteiger partial charge is 0.220 e. The molecule has 128 valence electrons. The maximum atomic E-state index is 5.83. The number of nitrogens with two attached hydrogens (primary N) is 1. The van der Waals surface area contributed by atoms with Crippen molar-refractivity contribution < 1.29 is 14.2 Å². The van der Waals surface area contributed by atoms with Crippen LogP contribution in [0.15, 0.2) is 48.7 Å². The Morgan fingerprint density at radius 1 is 0.840 bits per heavy atom. The Bertz CT molecular complexity index is 857. The molecule has 1 heterocycles. The fourth-order valence-corrected chi connectivity index (χ4v) is 2.66. The van der Waals surface area contributed by atoms with Crippen molar-refractivity contribution in [2.24, 2.45) is 0 Å². The van der Waals surface area contributed by atoms with Crippen molar-refractivity contribution >= 4 is 5.95 Å². The summed E-state index contributed by atoms with van der Waals surface area (Å²) in [5.74, 6) is 1.82. The number of methoxy groups -OCH3 is 3. The number of rotatable bonds is 5. The predicted octanol–water partition coefficient (Wildman–Crippen LogP) is 3.42. The van der Waals surface area contributed by atoms with Crippen LogP contribution in [0, 0.1) is 0 Å². The summed E-state index contributed by atoms with van der Waals surface area (Å²) in [4.78, 5) is 8.58. The molecule has 3 aromatic rings. The highest BCUT2D eigenvalue weighted by Crippen LogP contribution is 2.42. The lowest BCUT2D eigenvalue weighted by Gasteiger charge is -2.15. The average Bonchev–Trinajstić information content (AvgIpc) is 2.67. The van der Waals surface area contributed by atoms with Crippen molar-refractivity contribution in [3.63, 3.8) is 0 Å². The summed E-state index contributed by atoms with van der Waals surface area (Å²) in [5.41, 5.74) is 9.17. The van der Waals surface area contributed by atoms with Crippen LogP contribution in [0.5, 0.6) is 17.2 Å². The van der Waals surface area contributed by atoms with Gasteiger partial charge >= 0.3 is 0 Å². The Kier molecular flexibility index (Phi) is 4.70. The van der Waals surface area contributed by atoms with Gasteiger partial charge in [0.25, 0.3) is 0 Å². The van der Waals surface area contributed by atoms with E-state index in [4.69, 9.17) is 19.9 Å². The summed E-state index contributed by atoms with van der Waals surface area (Å²) >= 11 is 0. The Labute approximate surface area is 146 Å². The van der Waals surface area contributed by atoms with E-state index in [1.54, 1.807) is 27.5 Å². The van der Waals surface area contributed by atoms with Gasteiger partial charge in [-0.25, -0.2) is 9.97 Å². The van der Waals surface area contributed by atoms with E-state index in [1.807, 2.05) is 42.5 Å². The number of nitrogens with zero attached hydrogens (tertiary/aromatic N) is 2. The third kappa shape index (κ3) is 3.19. The highest BCUT2D eigenvalue weighted by molar-refractivity contribution is 5.82. The van der Waals surface area contributed by atoms with Crippen molar-refractivity contribution in [3.8, 4) is 39.6 Å². The molecule has 3 rings (SSSR count). The van der Waals surface area contributed by atoms with E-state index in [9.17, 15) is 0 Å². The minimum absolute atomic E-state index is 0.198. The Hall–Kier alpha value is -3.28. The van der Waals surface area contributed by atoms with Crippen LogP contribution in [0.4, 0.5) is 5.95 Å². The summed E-state index contributed by atoms with van der Waals surface area (Å²) in [6.07, 6.45) is 1.72. The van der Waals surface area contributed by atoms with E-state index < -0.39 is 0 Å². The van der Waals surface area contributed by atoms with Gasteiger partial charge in [0, 0.05) is 17.3 Å². The second-order valence-corrected chi connectivity index (χ2v) is 5.27. The normalized spacial score (nSPS) is 10.4. The zero-order chi connectivity index (χ0) is 17.8. The van der Waals surface area contributed by atoms with Gasteiger partial charge in [-0.1, -0.05) is 30.3 Å². The Morgan fingerprint density at radius 2 is 1.48 bits per heavy atom. The maximum Gasteiger partial charge on any atom is 0.220 e. The third-order valence-electron chi connectivity index (χ3n) is 3.83. The third-order valence-corrected chi connectivity index (χ3v) is 3.83. The van der Waals surface area contributed by atoms with Crippen LogP contribution in [0.1, 0.15) is 0 Å². The zero-order valence-corrected chi connectivity index (χ0v) is 14.3. The molecule has 0 fully saturated rings. The van der Waals surface area contributed by atoms with E-state index in [0.717, 1.165) is 16.7 Å². The van der Waals surface area contributed by atoms with Crippen molar-refractivity contribution in [1.82, 2.24) is 9.97 Å². The summed E-state index contributed by atoms with van der Waals surface area (Å²) in [6.45, 7) is 0. The van der Waals surface area contributed by atoms with Crippen LogP contribution in [0.2, 0.25) is 0 Å². The number of hydrogen-bond acceptors (Lipinski definition) is 6. The molecule has 0 unspecified atom stereocenters. The number of nitrogen functional groups attached to an aromatic ring is 1. The summed E-state index contributed by atoms with van der Waals surface area (Å²) in [7, 11) is 4.72. The molecule has 0 aliphatic carbocycles. The number of ether oxygens (including phenoxy) is 3. The van der Waals surface area contributed by atoms with Crippen LogP contribution >= 0.6 is 0 Å². The Morgan fingerprint density at radius 3 is 2.04 bits per heavy atom. The minimum atomic E-state index is 0.198. The molecule has 0 saturated carbocycles. The van der Waals surface area contributed by atoms with E-state index in [1.165, 1.54) is 0 Å². The molecule has 6 nitrogen and oxygen atoms in total. The van der Waals surface area contributed by atoms with Gasteiger partial charge in [0.15, 0.2) is 11.5 Å². The van der Waals surface area contributed by atoms with E-state index in [0.29, 0.717) is 22.9 Å². The fraction of sp³-hybridized carbons (Fsp3) is 0.158. The second kappa shape index (κ2) is 7.09. The summed E-state index contributed by atoms with van der Waals surface area (Å²) in [6, 6.07) is 13.6. The second-order valence-electron chi connectivity index (χ2n) is 5.27.